The van der Waals surface area contributed by atoms with Crippen molar-refractivity contribution in [3.63, 3.8) is 0 Å². The first-order chi connectivity index (χ1) is 13.4. The lowest BCUT2D eigenvalue weighted by Crippen LogP contribution is -2.27. The Morgan fingerprint density at radius 2 is 1.93 bits per heavy atom. The fourth-order valence-electron chi connectivity index (χ4n) is 2.62. The first-order valence-electron chi connectivity index (χ1n) is 8.43. The van der Waals surface area contributed by atoms with Crippen molar-refractivity contribution in [3.05, 3.63) is 63.3 Å². The number of carbonyl (C=O) groups excluding carboxylic acids is 2. The molecule has 5 nitrogen and oxygen atoms in total. The second-order valence-electron chi connectivity index (χ2n) is 5.88. The van der Waals surface area contributed by atoms with Crippen LogP contribution >= 0.6 is 23.4 Å². The first kappa shape index (κ1) is 20.2. The van der Waals surface area contributed by atoms with Crippen LogP contribution in [0, 0.1) is 5.82 Å². The molecule has 0 aliphatic carbocycles. The normalized spacial score (nSPS) is 15.4. The van der Waals surface area contributed by atoms with Crippen molar-refractivity contribution in [1.82, 2.24) is 4.90 Å². The number of amides is 2. The molecule has 0 aromatic heterocycles. The summed E-state index contributed by atoms with van der Waals surface area (Å²) >= 11 is 7.23. The van der Waals surface area contributed by atoms with E-state index in [0.717, 1.165) is 17.3 Å². The lowest BCUT2D eigenvalue weighted by molar-refractivity contribution is -0.122. The molecule has 8 heteroatoms. The number of benzene rings is 2. The molecule has 2 aromatic rings. The van der Waals surface area contributed by atoms with Gasteiger partial charge in [0.2, 0.25) is 0 Å². The smallest absolute Gasteiger partial charge is 0.293 e. The summed E-state index contributed by atoms with van der Waals surface area (Å²) in [4.78, 5) is 25.6. The predicted octanol–water partition coefficient (Wildman–Crippen LogP) is 5.12. The highest BCUT2D eigenvalue weighted by Crippen LogP contribution is 2.39. The highest BCUT2D eigenvalue weighted by atomic mass is 35.5. The highest BCUT2D eigenvalue weighted by molar-refractivity contribution is 8.18. The third-order valence-electron chi connectivity index (χ3n) is 4.04. The third kappa shape index (κ3) is 4.31. The van der Waals surface area contributed by atoms with Gasteiger partial charge < -0.3 is 9.47 Å². The minimum Gasteiger partial charge on any atom is -0.493 e. The molecule has 2 aromatic carbocycles. The van der Waals surface area contributed by atoms with Gasteiger partial charge in [-0.15, -0.1) is 0 Å². The van der Waals surface area contributed by atoms with E-state index >= 15 is 0 Å². The van der Waals surface area contributed by atoms with Crippen LogP contribution < -0.4 is 9.47 Å². The van der Waals surface area contributed by atoms with E-state index in [1.807, 2.05) is 0 Å². The zero-order valence-corrected chi connectivity index (χ0v) is 16.8. The zero-order chi connectivity index (χ0) is 20.3. The van der Waals surface area contributed by atoms with Gasteiger partial charge in [0.15, 0.2) is 11.5 Å². The highest BCUT2D eigenvalue weighted by Gasteiger charge is 2.33. The molecule has 0 spiro atoms. The summed E-state index contributed by atoms with van der Waals surface area (Å²) < 4.78 is 24.1. The van der Waals surface area contributed by atoms with Crippen LogP contribution in [0.4, 0.5) is 9.18 Å². The van der Waals surface area contributed by atoms with E-state index in [4.69, 9.17) is 21.1 Å². The van der Waals surface area contributed by atoms with Gasteiger partial charge in [0.1, 0.15) is 12.4 Å². The Morgan fingerprint density at radius 1 is 1.21 bits per heavy atom. The Bertz CT molecular complexity index is 946. The maximum Gasteiger partial charge on any atom is 0.293 e. The fraction of sp³-hybridized carbons (Fsp3) is 0.200. The van der Waals surface area contributed by atoms with Crippen molar-refractivity contribution in [2.24, 2.45) is 0 Å². The van der Waals surface area contributed by atoms with Crippen molar-refractivity contribution >= 4 is 40.6 Å². The molecule has 3 rings (SSSR count). The molecular formula is C20H17ClFNO4S. The molecule has 0 N–H and O–H groups in total. The molecule has 0 radical (unpaired) electrons. The van der Waals surface area contributed by atoms with E-state index in [1.54, 1.807) is 37.3 Å². The summed E-state index contributed by atoms with van der Waals surface area (Å²) in [6, 6.07) is 9.24. The van der Waals surface area contributed by atoms with Gasteiger partial charge in [-0.1, -0.05) is 23.7 Å². The van der Waals surface area contributed by atoms with E-state index in [9.17, 15) is 14.0 Å². The second-order valence-corrected chi connectivity index (χ2v) is 7.28. The minimum absolute atomic E-state index is 0.186. The summed E-state index contributed by atoms with van der Waals surface area (Å²) in [6.45, 7) is 2.25. The van der Waals surface area contributed by atoms with Gasteiger partial charge in [-0.3, -0.25) is 14.5 Å². The third-order valence-corrected chi connectivity index (χ3v) is 5.22. The van der Waals surface area contributed by atoms with Crippen molar-refractivity contribution in [2.45, 2.75) is 13.5 Å². The number of likely N-dealkylation sites (N-methyl/N-ethyl adjacent to an activating group) is 1. The maximum atomic E-state index is 13.0. The molecule has 146 valence electrons. The Morgan fingerprint density at radius 3 is 2.54 bits per heavy atom. The number of methoxy groups -OCH3 is 1. The van der Waals surface area contributed by atoms with Crippen molar-refractivity contribution in [1.29, 1.82) is 0 Å². The SMILES string of the molecule is CCN1C(=O)S/C(=C\c2cc(Cl)c(OCc3ccc(F)cc3)c(OC)c2)C1=O. The molecule has 0 atom stereocenters. The largest absolute Gasteiger partial charge is 0.493 e. The average Bonchev–Trinajstić information content (AvgIpc) is 2.94. The fourth-order valence-corrected chi connectivity index (χ4v) is 3.80. The number of thioether (sulfide) groups is 1. The second kappa shape index (κ2) is 8.67. The number of hydrogen-bond donors (Lipinski definition) is 0. The summed E-state index contributed by atoms with van der Waals surface area (Å²) in [5, 5.41) is -0.00139. The Balaban J connectivity index is 1.83. The number of nitrogens with zero attached hydrogens (tertiary/aromatic N) is 1. The molecule has 1 saturated heterocycles. The molecule has 28 heavy (non-hydrogen) atoms. The van der Waals surface area contributed by atoms with Gasteiger partial charge in [0.05, 0.1) is 17.0 Å². The lowest BCUT2D eigenvalue weighted by atomic mass is 10.1. The molecular weight excluding hydrogens is 405 g/mol. The molecule has 0 bridgehead atoms. The number of carbonyl (C=O) groups is 2. The van der Waals surface area contributed by atoms with Crippen molar-refractivity contribution in [2.75, 3.05) is 13.7 Å². The van der Waals surface area contributed by atoms with Gasteiger partial charge >= 0.3 is 0 Å². The van der Waals surface area contributed by atoms with E-state index in [0.29, 0.717) is 33.5 Å². The van der Waals surface area contributed by atoms with E-state index in [2.05, 4.69) is 0 Å². The monoisotopic (exact) mass is 421 g/mol. The van der Waals surface area contributed by atoms with Crippen LogP contribution in [0.15, 0.2) is 41.3 Å². The lowest BCUT2D eigenvalue weighted by Gasteiger charge is -2.13. The topological polar surface area (TPSA) is 55.8 Å². The van der Waals surface area contributed by atoms with Crippen LogP contribution in [0.3, 0.4) is 0 Å². The standard InChI is InChI=1S/C20H17ClFNO4S/c1-3-23-19(24)17(28-20(23)25)10-13-8-15(21)18(16(9-13)26-2)27-11-12-4-6-14(22)7-5-12/h4-10H,3,11H2,1-2H3/b17-10-. The summed E-state index contributed by atoms with van der Waals surface area (Å²) in [7, 11) is 1.48. The maximum absolute atomic E-state index is 13.0. The minimum atomic E-state index is -0.329. The number of rotatable bonds is 6. The van der Waals surface area contributed by atoms with E-state index in [-0.39, 0.29) is 23.6 Å². The summed E-state index contributed by atoms with van der Waals surface area (Å²) in [5.41, 5.74) is 1.38. The molecule has 1 aliphatic heterocycles. The van der Waals surface area contributed by atoms with Gasteiger partial charge in [0.25, 0.3) is 11.1 Å². The summed E-state index contributed by atoms with van der Waals surface area (Å²) in [5.74, 6) is 0.0725. The Kier molecular flexibility index (Phi) is 6.26. The molecule has 0 unspecified atom stereocenters. The van der Waals surface area contributed by atoms with E-state index in [1.165, 1.54) is 24.1 Å². The van der Waals surface area contributed by atoms with Crippen LogP contribution in [0.5, 0.6) is 11.5 Å². The van der Waals surface area contributed by atoms with Crippen molar-refractivity contribution in [3.8, 4) is 11.5 Å². The molecule has 1 fully saturated rings. The molecule has 2 amide bonds. The van der Waals surface area contributed by atoms with Gasteiger partial charge in [-0.05, 0) is 60.2 Å². The molecule has 1 heterocycles. The van der Waals surface area contributed by atoms with Crippen LogP contribution in [0.2, 0.25) is 5.02 Å². The quantitative estimate of drug-likeness (QED) is 0.606. The number of hydrogen-bond acceptors (Lipinski definition) is 5. The van der Waals surface area contributed by atoms with Crippen LogP contribution in [0.25, 0.3) is 6.08 Å². The van der Waals surface area contributed by atoms with Gasteiger partial charge in [0, 0.05) is 6.54 Å². The molecule has 1 aliphatic rings. The predicted molar refractivity (Wildman–Crippen MR) is 107 cm³/mol. The van der Waals surface area contributed by atoms with Gasteiger partial charge in [-0.2, -0.15) is 0 Å². The number of imide groups is 1. The summed E-state index contributed by atoms with van der Waals surface area (Å²) in [6.07, 6.45) is 1.60. The first-order valence-corrected chi connectivity index (χ1v) is 9.62. The Hall–Kier alpha value is -2.51. The van der Waals surface area contributed by atoms with E-state index < -0.39 is 0 Å². The van der Waals surface area contributed by atoms with Crippen LogP contribution in [-0.4, -0.2) is 29.7 Å². The zero-order valence-electron chi connectivity index (χ0n) is 15.2. The Labute approximate surface area is 171 Å². The van der Waals surface area contributed by atoms with Crippen LogP contribution in [0.1, 0.15) is 18.1 Å². The average molecular weight is 422 g/mol. The van der Waals surface area contributed by atoms with Crippen molar-refractivity contribution < 1.29 is 23.5 Å². The molecule has 0 saturated carbocycles. The van der Waals surface area contributed by atoms with Crippen LogP contribution in [-0.2, 0) is 11.4 Å². The number of ether oxygens (including phenoxy) is 2. The number of halogens is 2. The van der Waals surface area contributed by atoms with Gasteiger partial charge in [-0.25, -0.2) is 4.39 Å².